The van der Waals surface area contributed by atoms with Crippen molar-refractivity contribution in [3.8, 4) is 11.5 Å². The predicted octanol–water partition coefficient (Wildman–Crippen LogP) is 1.78. The number of amides is 1. The topological polar surface area (TPSA) is 93.2 Å². The van der Waals surface area contributed by atoms with Crippen LogP contribution in [-0.4, -0.2) is 15.5 Å². The van der Waals surface area contributed by atoms with Crippen LogP contribution in [0, 0.1) is 5.82 Å². The molecule has 0 aliphatic rings. The Kier molecular flexibility index (Phi) is 5.46. The molecule has 7 nitrogen and oxygen atoms in total. The number of aromatic nitrogens is 2. The summed E-state index contributed by atoms with van der Waals surface area (Å²) in [7, 11) is 0. The molecule has 1 amide bonds. The summed E-state index contributed by atoms with van der Waals surface area (Å²) in [6.45, 7) is 0.0785. The average molecular weight is 369 g/mol. The van der Waals surface area contributed by atoms with Crippen LogP contribution in [0.1, 0.15) is 5.56 Å². The molecule has 8 heteroatoms. The monoisotopic (exact) mass is 369 g/mol. The van der Waals surface area contributed by atoms with E-state index in [9.17, 15) is 18.8 Å². The highest BCUT2D eigenvalue weighted by Gasteiger charge is 2.05. The first-order valence-electron chi connectivity index (χ1n) is 8.08. The molecule has 0 saturated heterocycles. The highest BCUT2D eigenvalue weighted by molar-refractivity contribution is 5.75. The van der Waals surface area contributed by atoms with Gasteiger partial charge < -0.3 is 10.1 Å². The van der Waals surface area contributed by atoms with Gasteiger partial charge in [0.05, 0.1) is 0 Å². The summed E-state index contributed by atoms with van der Waals surface area (Å²) in [5, 5.41) is 2.69. The molecular formula is C19H16FN3O4. The van der Waals surface area contributed by atoms with E-state index in [1.54, 1.807) is 24.3 Å². The lowest BCUT2D eigenvalue weighted by molar-refractivity contribution is -0.121. The maximum absolute atomic E-state index is 12.9. The molecule has 0 aliphatic heterocycles. The minimum atomic E-state index is -0.639. The van der Waals surface area contributed by atoms with Crippen LogP contribution in [-0.2, 0) is 17.9 Å². The van der Waals surface area contributed by atoms with Crippen LogP contribution in [0.3, 0.4) is 0 Å². The minimum absolute atomic E-state index is 0.193. The van der Waals surface area contributed by atoms with Crippen LogP contribution >= 0.6 is 0 Å². The Morgan fingerprint density at radius 3 is 2.26 bits per heavy atom. The van der Waals surface area contributed by atoms with Gasteiger partial charge in [-0.05, 0) is 42.0 Å². The maximum Gasteiger partial charge on any atom is 0.328 e. The Hall–Kier alpha value is -3.68. The van der Waals surface area contributed by atoms with Crippen LogP contribution in [0.4, 0.5) is 4.39 Å². The number of halogens is 1. The van der Waals surface area contributed by atoms with Gasteiger partial charge in [-0.15, -0.1) is 0 Å². The van der Waals surface area contributed by atoms with Gasteiger partial charge in [-0.1, -0.05) is 12.1 Å². The maximum atomic E-state index is 12.9. The van der Waals surface area contributed by atoms with E-state index in [1.807, 2.05) is 0 Å². The fourth-order valence-electron chi connectivity index (χ4n) is 2.29. The lowest BCUT2D eigenvalue weighted by atomic mass is 10.2. The normalized spacial score (nSPS) is 10.4. The third-order valence-corrected chi connectivity index (χ3v) is 3.67. The Bertz CT molecular complexity index is 1040. The number of benzene rings is 2. The molecule has 0 unspecified atom stereocenters. The zero-order chi connectivity index (χ0) is 19.2. The third kappa shape index (κ3) is 5.15. The van der Waals surface area contributed by atoms with E-state index in [1.165, 1.54) is 36.5 Å². The number of carbonyl (C=O) groups excluding carboxylic acids is 1. The van der Waals surface area contributed by atoms with E-state index >= 15 is 0 Å². The van der Waals surface area contributed by atoms with Crippen molar-refractivity contribution >= 4 is 5.91 Å². The molecule has 0 bridgehead atoms. The van der Waals surface area contributed by atoms with Crippen molar-refractivity contribution in [2.24, 2.45) is 0 Å². The van der Waals surface area contributed by atoms with Crippen LogP contribution < -0.4 is 21.3 Å². The Labute approximate surface area is 153 Å². The van der Waals surface area contributed by atoms with E-state index in [4.69, 9.17) is 4.74 Å². The van der Waals surface area contributed by atoms with Gasteiger partial charge in [0.25, 0.3) is 5.56 Å². The Morgan fingerprint density at radius 2 is 1.63 bits per heavy atom. The molecule has 1 heterocycles. The van der Waals surface area contributed by atoms with Crippen molar-refractivity contribution in [1.82, 2.24) is 14.9 Å². The largest absolute Gasteiger partial charge is 0.457 e. The lowest BCUT2D eigenvalue weighted by Gasteiger charge is -2.09. The molecule has 0 saturated carbocycles. The molecule has 0 spiro atoms. The molecule has 27 heavy (non-hydrogen) atoms. The number of aromatic amines is 1. The van der Waals surface area contributed by atoms with Gasteiger partial charge in [0.15, 0.2) is 0 Å². The summed E-state index contributed by atoms with van der Waals surface area (Å²) in [6, 6.07) is 13.9. The van der Waals surface area contributed by atoms with Gasteiger partial charge in [-0.2, -0.15) is 0 Å². The van der Waals surface area contributed by atoms with Crippen molar-refractivity contribution < 1.29 is 13.9 Å². The van der Waals surface area contributed by atoms with Crippen LogP contribution in [0.5, 0.6) is 11.5 Å². The van der Waals surface area contributed by atoms with Gasteiger partial charge in [0.1, 0.15) is 23.9 Å². The van der Waals surface area contributed by atoms with Gasteiger partial charge in [0, 0.05) is 18.8 Å². The van der Waals surface area contributed by atoms with Crippen LogP contribution in [0.2, 0.25) is 0 Å². The molecule has 3 rings (SSSR count). The molecule has 0 fully saturated rings. The highest BCUT2D eigenvalue weighted by Crippen LogP contribution is 2.21. The van der Waals surface area contributed by atoms with E-state index in [2.05, 4.69) is 10.3 Å². The smallest absolute Gasteiger partial charge is 0.328 e. The summed E-state index contributed by atoms with van der Waals surface area (Å²) in [5.74, 6) is 0.397. The van der Waals surface area contributed by atoms with Gasteiger partial charge in [0.2, 0.25) is 5.91 Å². The second-order valence-corrected chi connectivity index (χ2v) is 5.71. The first-order chi connectivity index (χ1) is 13.0. The number of rotatable bonds is 6. The first kappa shape index (κ1) is 18.1. The second-order valence-electron chi connectivity index (χ2n) is 5.71. The fourth-order valence-corrected chi connectivity index (χ4v) is 2.29. The number of hydrogen-bond donors (Lipinski definition) is 2. The molecule has 0 radical (unpaired) electrons. The summed E-state index contributed by atoms with van der Waals surface area (Å²) in [5.41, 5.74) is -0.317. The second kappa shape index (κ2) is 8.13. The van der Waals surface area contributed by atoms with Gasteiger partial charge >= 0.3 is 5.69 Å². The summed E-state index contributed by atoms with van der Waals surface area (Å²) >= 11 is 0. The molecular weight excluding hydrogens is 353 g/mol. The minimum Gasteiger partial charge on any atom is -0.457 e. The van der Waals surface area contributed by atoms with Crippen molar-refractivity contribution in [2.75, 3.05) is 0 Å². The van der Waals surface area contributed by atoms with Crippen LogP contribution in [0.15, 0.2) is 70.4 Å². The zero-order valence-electron chi connectivity index (χ0n) is 14.1. The molecule has 1 aromatic heterocycles. The van der Waals surface area contributed by atoms with Crippen molar-refractivity contribution in [3.05, 3.63) is 93.0 Å². The van der Waals surface area contributed by atoms with Crippen molar-refractivity contribution in [1.29, 1.82) is 0 Å². The predicted molar refractivity (Wildman–Crippen MR) is 96.1 cm³/mol. The molecule has 2 aromatic carbocycles. The standard InChI is InChI=1S/C19H16FN3O4/c20-14-3-7-16(8-4-14)27-15-5-1-13(2-6-15)11-21-18(25)12-23-10-9-17(24)22-19(23)26/h1-10H,11-12H2,(H,21,25)(H,22,24,26). The fraction of sp³-hybridized carbons (Fsp3) is 0.105. The molecule has 0 atom stereocenters. The highest BCUT2D eigenvalue weighted by atomic mass is 19.1. The number of nitrogens with one attached hydrogen (secondary N) is 2. The first-order valence-corrected chi connectivity index (χ1v) is 8.08. The average Bonchev–Trinajstić information content (AvgIpc) is 2.65. The number of carbonyl (C=O) groups is 1. The van der Waals surface area contributed by atoms with Crippen molar-refractivity contribution in [3.63, 3.8) is 0 Å². The summed E-state index contributed by atoms with van der Waals surface area (Å²) in [6.07, 6.45) is 1.27. The molecule has 2 N–H and O–H groups in total. The van der Waals surface area contributed by atoms with E-state index < -0.39 is 11.2 Å². The Balaban J connectivity index is 1.53. The Morgan fingerprint density at radius 1 is 1.00 bits per heavy atom. The zero-order valence-corrected chi connectivity index (χ0v) is 14.1. The number of nitrogens with zero attached hydrogens (tertiary/aromatic N) is 1. The van der Waals surface area contributed by atoms with E-state index in [0.717, 1.165) is 10.1 Å². The number of hydrogen-bond acceptors (Lipinski definition) is 4. The van der Waals surface area contributed by atoms with Crippen LogP contribution in [0.25, 0.3) is 0 Å². The molecule has 3 aromatic rings. The number of H-pyrrole nitrogens is 1. The van der Waals surface area contributed by atoms with E-state index in [0.29, 0.717) is 11.5 Å². The van der Waals surface area contributed by atoms with Crippen molar-refractivity contribution in [2.45, 2.75) is 13.1 Å². The molecule has 138 valence electrons. The van der Waals surface area contributed by atoms with Gasteiger partial charge in [-0.3, -0.25) is 19.1 Å². The third-order valence-electron chi connectivity index (χ3n) is 3.67. The quantitative estimate of drug-likeness (QED) is 0.693. The number of ether oxygens (including phenoxy) is 1. The summed E-state index contributed by atoms with van der Waals surface area (Å²) in [4.78, 5) is 36.6. The summed E-state index contributed by atoms with van der Waals surface area (Å²) < 4.78 is 19.6. The molecule has 0 aliphatic carbocycles. The SMILES string of the molecule is O=C(Cn1ccc(=O)[nH]c1=O)NCc1ccc(Oc2ccc(F)cc2)cc1. The lowest BCUT2D eigenvalue weighted by Crippen LogP contribution is -2.35. The van der Waals surface area contributed by atoms with Gasteiger partial charge in [-0.25, -0.2) is 9.18 Å². The van der Waals surface area contributed by atoms with E-state index in [-0.39, 0.29) is 24.8 Å².